The molecule has 38 heavy (non-hydrogen) atoms. The molecule has 7 nitrogen and oxygen atoms in total. The molecule has 200 valence electrons. The highest BCUT2D eigenvalue weighted by molar-refractivity contribution is 8.26. The van der Waals surface area contributed by atoms with Gasteiger partial charge in [-0.05, 0) is 44.5 Å². The van der Waals surface area contributed by atoms with Crippen LogP contribution in [-0.4, -0.2) is 54.0 Å². The molecule has 12 heteroatoms. The van der Waals surface area contributed by atoms with Crippen LogP contribution in [0.4, 0.5) is 28.3 Å². The first-order valence-electron chi connectivity index (χ1n) is 12.3. The molecule has 0 aliphatic carbocycles. The lowest BCUT2D eigenvalue weighted by molar-refractivity contribution is 0.0166. The average molecular weight is 546 g/mol. The number of benzene rings is 1. The fraction of sp³-hybridized carbons (Fsp3) is 0.385. The van der Waals surface area contributed by atoms with Crippen molar-refractivity contribution in [1.82, 2.24) is 29.4 Å². The van der Waals surface area contributed by atoms with Gasteiger partial charge in [-0.3, -0.25) is 4.90 Å². The Bertz CT molecular complexity index is 1520. The Morgan fingerprint density at radius 2 is 1.79 bits per heavy atom. The topological polar surface area (TPSA) is 71.8 Å². The van der Waals surface area contributed by atoms with Gasteiger partial charge in [0.25, 0.3) is 0 Å². The van der Waals surface area contributed by atoms with Gasteiger partial charge in [-0.2, -0.15) is 7.77 Å². The Balaban J connectivity index is 1.18. The van der Waals surface area contributed by atoms with Crippen LogP contribution < -0.4 is 5.32 Å². The summed E-state index contributed by atoms with van der Waals surface area (Å²) in [6.07, 6.45) is 2.74. The molecule has 5 heterocycles. The molecule has 1 spiro atoms. The largest absolute Gasteiger partial charge is 0.326 e. The van der Waals surface area contributed by atoms with Crippen LogP contribution in [0, 0.1) is 24.0 Å². The number of halogens is 4. The summed E-state index contributed by atoms with van der Waals surface area (Å²) in [5.41, 5.74) is 1.83. The summed E-state index contributed by atoms with van der Waals surface area (Å²) in [5.74, 6) is 0.161. The molecular weight excluding hydrogens is 518 g/mol. The van der Waals surface area contributed by atoms with Crippen LogP contribution in [0.5, 0.6) is 0 Å². The predicted octanol–water partition coefficient (Wildman–Crippen LogP) is 6.19. The monoisotopic (exact) mass is 545 g/mol. The fourth-order valence-electron chi connectivity index (χ4n) is 5.70. The smallest absolute Gasteiger partial charge is 0.229 e. The van der Waals surface area contributed by atoms with E-state index in [2.05, 4.69) is 30.2 Å². The highest BCUT2D eigenvalue weighted by Crippen LogP contribution is 2.69. The molecule has 4 aromatic rings. The third kappa shape index (κ3) is 4.49. The van der Waals surface area contributed by atoms with E-state index in [1.807, 2.05) is 24.5 Å². The number of hydrogen-bond acceptors (Lipinski definition) is 6. The zero-order valence-electron chi connectivity index (χ0n) is 21.2. The number of nitrogens with zero attached hydrogens (tertiary/aromatic N) is 6. The molecule has 2 fully saturated rings. The Kier molecular flexibility index (Phi) is 5.87. The number of anilines is 2. The summed E-state index contributed by atoms with van der Waals surface area (Å²) in [7, 11) is -3.33. The quantitative estimate of drug-likeness (QED) is 0.292. The van der Waals surface area contributed by atoms with Gasteiger partial charge in [0.05, 0.1) is 22.5 Å². The van der Waals surface area contributed by atoms with Crippen molar-refractivity contribution in [3.8, 4) is 11.3 Å². The second-order valence-corrected chi connectivity index (χ2v) is 12.6. The van der Waals surface area contributed by atoms with Crippen molar-refractivity contribution < 1.29 is 16.6 Å². The molecule has 0 radical (unpaired) electrons. The van der Waals surface area contributed by atoms with Crippen LogP contribution in [-0.2, 0) is 6.54 Å². The number of pyridine rings is 1. The number of fused-ring (bicyclic) bond motifs is 1. The number of aromatic nitrogens is 5. The molecule has 0 amide bonds. The van der Waals surface area contributed by atoms with E-state index < -0.39 is 22.4 Å². The average Bonchev–Trinajstić information content (AvgIpc) is 3.16. The van der Waals surface area contributed by atoms with Crippen molar-refractivity contribution in [1.29, 1.82) is 0 Å². The number of rotatable bonds is 6. The molecule has 0 bridgehead atoms. The Morgan fingerprint density at radius 3 is 2.45 bits per heavy atom. The van der Waals surface area contributed by atoms with Crippen molar-refractivity contribution >= 4 is 33.6 Å². The summed E-state index contributed by atoms with van der Waals surface area (Å²) >= 11 is 0. The number of hydrogen-bond donors (Lipinski definition) is 1. The maximum Gasteiger partial charge on any atom is 0.229 e. The first-order valence-corrected chi connectivity index (χ1v) is 14.1. The van der Waals surface area contributed by atoms with Crippen molar-refractivity contribution in [2.45, 2.75) is 33.4 Å². The molecule has 3 aromatic heterocycles. The second-order valence-electron chi connectivity index (χ2n) is 10.6. The summed E-state index contributed by atoms with van der Waals surface area (Å²) in [6, 6.07) is 6.61. The summed E-state index contributed by atoms with van der Waals surface area (Å²) in [5, 5.41) is 2.97. The number of aryl methyl sites for hydroxylation is 1. The van der Waals surface area contributed by atoms with E-state index in [9.17, 15) is 16.6 Å². The number of nitrogens with one attached hydrogen (secondary N) is 1. The molecular formula is C26H27F4N7S. The van der Waals surface area contributed by atoms with E-state index in [1.54, 1.807) is 25.3 Å². The third-order valence-corrected chi connectivity index (χ3v) is 9.15. The van der Waals surface area contributed by atoms with E-state index >= 15 is 0 Å². The summed E-state index contributed by atoms with van der Waals surface area (Å²) in [4.78, 5) is 19.2. The zero-order chi connectivity index (χ0) is 26.8. The summed E-state index contributed by atoms with van der Waals surface area (Å²) in [6.45, 7) is 7.80. The van der Waals surface area contributed by atoms with E-state index in [1.165, 1.54) is 6.07 Å². The first kappa shape index (κ1) is 25.1. The molecule has 1 aromatic carbocycles. The zero-order valence-corrected chi connectivity index (χ0v) is 22.0. The van der Waals surface area contributed by atoms with Crippen LogP contribution in [0.2, 0.25) is 0 Å². The Hall–Kier alpha value is -3.25. The molecule has 0 unspecified atom stereocenters. The van der Waals surface area contributed by atoms with Gasteiger partial charge in [-0.1, -0.05) is 6.07 Å². The lowest BCUT2D eigenvalue weighted by Gasteiger charge is -2.60. The Labute approximate surface area is 219 Å². The van der Waals surface area contributed by atoms with Crippen molar-refractivity contribution in [2.24, 2.45) is 5.41 Å². The van der Waals surface area contributed by atoms with Crippen LogP contribution in [0.25, 0.3) is 22.3 Å². The maximum atomic E-state index is 14.9. The minimum absolute atomic E-state index is 0.0378. The number of imidazole rings is 1. The van der Waals surface area contributed by atoms with Crippen LogP contribution in [0.1, 0.15) is 31.3 Å². The molecule has 2 saturated heterocycles. The van der Waals surface area contributed by atoms with E-state index in [0.717, 1.165) is 11.8 Å². The summed E-state index contributed by atoms with van der Waals surface area (Å²) < 4.78 is 58.2. The molecule has 0 atom stereocenters. The van der Waals surface area contributed by atoms with Crippen molar-refractivity contribution in [2.75, 3.05) is 29.9 Å². The van der Waals surface area contributed by atoms with E-state index in [-0.39, 0.29) is 45.7 Å². The van der Waals surface area contributed by atoms with Gasteiger partial charge in [0, 0.05) is 54.4 Å². The van der Waals surface area contributed by atoms with Gasteiger partial charge in [0.1, 0.15) is 22.9 Å². The van der Waals surface area contributed by atoms with E-state index in [0.29, 0.717) is 36.8 Å². The predicted molar refractivity (Wildman–Crippen MR) is 141 cm³/mol. The van der Waals surface area contributed by atoms with Gasteiger partial charge in [0.15, 0.2) is 11.6 Å². The van der Waals surface area contributed by atoms with Gasteiger partial charge in [-0.15, -0.1) is 0 Å². The molecule has 2 aliphatic heterocycles. The van der Waals surface area contributed by atoms with Crippen molar-refractivity contribution in [3.63, 3.8) is 0 Å². The molecule has 6 rings (SSSR count). The fourth-order valence-corrected chi connectivity index (χ4v) is 7.77. The second kappa shape index (κ2) is 8.91. The lowest BCUT2D eigenvalue weighted by atomic mass is 9.82. The standard InChI is InChI=1S/C26H27F4N7S/c1-15(2)37-16(3)33-24-19(27)6-18(7-21(24)37)23-20(28)9-32-25(35-23)34-22-5-4-17(8-31-22)10-36-11-26(12-36)13-38(29,30)14-26/h4-9,15H,10-14H2,1-3H3,(H,31,32,34,35). The first-order chi connectivity index (χ1) is 18.0. The van der Waals surface area contributed by atoms with Crippen molar-refractivity contribution in [3.05, 3.63) is 59.7 Å². The van der Waals surface area contributed by atoms with Gasteiger partial charge >= 0.3 is 0 Å². The molecule has 2 aliphatic rings. The van der Waals surface area contributed by atoms with E-state index in [4.69, 9.17) is 0 Å². The molecule has 1 N–H and O–H groups in total. The van der Waals surface area contributed by atoms with Gasteiger partial charge < -0.3 is 9.88 Å². The third-order valence-electron chi connectivity index (χ3n) is 7.08. The van der Waals surface area contributed by atoms with Crippen LogP contribution >= 0.6 is 10.8 Å². The molecule has 0 saturated carbocycles. The van der Waals surface area contributed by atoms with Gasteiger partial charge in [-0.25, -0.2) is 28.7 Å². The SMILES string of the molecule is Cc1nc2c(F)cc(-c3nc(Nc4ccc(CN5CC6(C5)CS(F)(F)C6)cn4)ncc3F)cc2n1C(C)C. The lowest BCUT2D eigenvalue weighted by Crippen LogP contribution is -2.64. The normalized spacial score (nSPS) is 18.9. The van der Waals surface area contributed by atoms with Gasteiger partial charge in [0.2, 0.25) is 5.95 Å². The maximum absolute atomic E-state index is 14.9. The van der Waals surface area contributed by atoms with Crippen LogP contribution in [0.3, 0.4) is 0 Å². The number of likely N-dealkylation sites (tertiary alicyclic amines) is 1. The Morgan fingerprint density at radius 1 is 1.03 bits per heavy atom. The highest BCUT2D eigenvalue weighted by atomic mass is 32.3. The minimum atomic E-state index is -3.33. The van der Waals surface area contributed by atoms with Crippen LogP contribution in [0.15, 0.2) is 36.7 Å². The highest BCUT2D eigenvalue weighted by Gasteiger charge is 2.59. The minimum Gasteiger partial charge on any atom is -0.326 e.